The van der Waals surface area contributed by atoms with Gasteiger partial charge in [-0.15, -0.1) is 0 Å². The molecular weight excluding hydrogens is 925 g/mol. The van der Waals surface area contributed by atoms with Crippen LogP contribution in [0.15, 0.2) is 72.9 Å². The van der Waals surface area contributed by atoms with Gasteiger partial charge in [0.2, 0.25) is 0 Å². The molecule has 0 N–H and O–H groups in total. The molecule has 6 heteroatoms. The third-order valence-electron chi connectivity index (χ3n) is 14.2. The molecule has 0 unspecified atom stereocenters. The zero-order chi connectivity index (χ0) is 54.3. The predicted molar refractivity (Wildman–Crippen MR) is 325 cm³/mol. The molecule has 0 heterocycles. The van der Waals surface area contributed by atoms with Crippen LogP contribution < -0.4 is 0 Å². The highest BCUT2D eigenvalue weighted by molar-refractivity contribution is 5.71. The third-order valence-corrected chi connectivity index (χ3v) is 14.2. The van der Waals surface area contributed by atoms with E-state index in [0.717, 1.165) is 64.2 Å². The molecule has 0 aliphatic rings. The van der Waals surface area contributed by atoms with Gasteiger partial charge in [0.15, 0.2) is 6.10 Å². The lowest BCUT2D eigenvalue weighted by Crippen LogP contribution is -2.30. The second-order valence-corrected chi connectivity index (χ2v) is 21.7. The summed E-state index contributed by atoms with van der Waals surface area (Å²) in [7, 11) is 0. The van der Waals surface area contributed by atoms with Crippen molar-refractivity contribution in [3.05, 3.63) is 72.9 Å². The van der Waals surface area contributed by atoms with Gasteiger partial charge >= 0.3 is 17.9 Å². The van der Waals surface area contributed by atoms with E-state index in [1.165, 1.54) is 218 Å². The molecule has 0 spiro atoms. The van der Waals surface area contributed by atoms with Crippen LogP contribution in [0, 0.1) is 0 Å². The molecule has 434 valence electrons. The minimum atomic E-state index is -0.805. The van der Waals surface area contributed by atoms with Gasteiger partial charge in [0.05, 0.1) is 0 Å². The molecule has 0 saturated carbocycles. The van der Waals surface area contributed by atoms with E-state index in [0.29, 0.717) is 19.3 Å². The Balaban J connectivity index is 4.43. The normalized spacial score (nSPS) is 12.5. The second-order valence-electron chi connectivity index (χ2n) is 21.7. The summed E-state index contributed by atoms with van der Waals surface area (Å²) in [5.41, 5.74) is 0. The van der Waals surface area contributed by atoms with Crippen LogP contribution in [0.1, 0.15) is 329 Å². The number of hydrogen-bond donors (Lipinski definition) is 0. The van der Waals surface area contributed by atoms with Gasteiger partial charge in [0, 0.05) is 19.3 Å². The lowest BCUT2D eigenvalue weighted by molar-refractivity contribution is -0.166. The van der Waals surface area contributed by atoms with Crippen molar-refractivity contribution in [2.45, 2.75) is 335 Å². The molecule has 0 amide bonds. The highest BCUT2D eigenvalue weighted by Crippen LogP contribution is 2.17. The largest absolute Gasteiger partial charge is 0.462 e. The van der Waals surface area contributed by atoms with Gasteiger partial charge in [0.25, 0.3) is 0 Å². The van der Waals surface area contributed by atoms with Crippen LogP contribution in [0.3, 0.4) is 0 Å². The molecule has 0 aromatic heterocycles. The van der Waals surface area contributed by atoms with Crippen molar-refractivity contribution < 1.29 is 28.6 Å². The van der Waals surface area contributed by atoms with Crippen molar-refractivity contribution in [1.82, 2.24) is 0 Å². The number of ether oxygens (including phenoxy) is 3. The van der Waals surface area contributed by atoms with E-state index in [2.05, 4.69) is 87.6 Å². The summed E-state index contributed by atoms with van der Waals surface area (Å²) in [5.74, 6) is -0.965. The molecule has 0 fully saturated rings. The molecule has 0 aromatic rings. The maximum atomic E-state index is 12.9. The Labute approximate surface area is 465 Å². The van der Waals surface area contributed by atoms with Gasteiger partial charge in [-0.1, -0.05) is 299 Å². The standard InChI is InChI=1S/C69H122O6/c1-4-7-10-13-16-19-22-25-28-31-33-34-36-39-41-44-47-50-53-56-59-62-68(71)74-65-66(75-69(72)63-60-57-54-51-48-45-42-37-30-27-24-21-18-15-12-9-6-3)64-73-67(70)61-58-55-52-49-46-43-40-38-35-32-29-26-23-20-17-14-11-8-5-2/h17,20,25-26,28-29,35,38,43,46,52,55,66H,4-16,18-19,21-24,27,30-34,36-37,39-42,44-45,47-51,53-54,56-65H2,1-3H3/b20-17-,28-25-,29-26-,38-35-,46-43-,55-52-/t66-/m1/s1. The highest BCUT2D eigenvalue weighted by Gasteiger charge is 2.19. The molecule has 0 saturated heterocycles. The van der Waals surface area contributed by atoms with E-state index in [1.807, 2.05) is 6.08 Å². The zero-order valence-corrected chi connectivity index (χ0v) is 49.8. The molecule has 0 aliphatic heterocycles. The summed E-state index contributed by atoms with van der Waals surface area (Å²) >= 11 is 0. The first-order chi connectivity index (χ1) is 37.0. The predicted octanol–water partition coefficient (Wildman–Crippen LogP) is 22.1. The van der Waals surface area contributed by atoms with E-state index in [1.54, 1.807) is 0 Å². The SMILES string of the molecule is CCCCC/C=C\C/C=C\C/C=C\C/C=C\C/C=C\CCC(=O)OC[C@H](COC(=O)CCCCCCCCCCCCC/C=C\CCCCCCCC)OC(=O)CCCCCCCCCCCCCCCCCCC. The number of hydrogen-bond acceptors (Lipinski definition) is 6. The van der Waals surface area contributed by atoms with Crippen molar-refractivity contribution >= 4 is 17.9 Å². The fraction of sp³-hybridized carbons (Fsp3) is 0.783. The van der Waals surface area contributed by atoms with E-state index in [-0.39, 0.29) is 37.5 Å². The van der Waals surface area contributed by atoms with Crippen LogP contribution in [0.5, 0.6) is 0 Å². The van der Waals surface area contributed by atoms with Crippen molar-refractivity contribution in [1.29, 1.82) is 0 Å². The van der Waals surface area contributed by atoms with E-state index < -0.39 is 6.10 Å². The van der Waals surface area contributed by atoms with Crippen LogP contribution >= 0.6 is 0 Å². The second kappa shape index (κ2) is 63.4. The zero-order valence-electron chi connectivity index (χ0n) is 49.8. The highest BCUT2D eigenvalue weighted by atomic mass is 16.6. The van der Waals surface area contributed by atoms with Gasteiger partial charge in [-0.2, -0.15) is 0 Å². The monoisotopic (exact) mass is 1050 g/mol. The van der Waals surface area contributed by atoms with Crippen LogP contribution in [0.2, 0.25) is 0 Å². The molecule has 0 aliphatic carbocycles. The molecule has 0 aromatic carbocycles. The van der Waals surface area contributed by atoms with E-state index >= 15 is 0 Å². The Morgan fingerprint density at radius 2 is 0.507 bits per heavy atom. The maximum Gasteiger partial charge on any atom is 0.306 e. The number of carbonyl (C=O) groups excluding carboxylic acids is 3. The molecule has 0 rings (SSSR count). The number of esters is 3. The average molecular weight is 1050 g/mol. The fourth-order valence-corrected chi connectivity index (χ4v) is 9.31. The molecule has 6 nitrogen and oxygen atoms in total. The van der Waals surface area contributed by atoms with Crippen LogP contribution in [-0.4, -0.2) is 37.2 Å². The maximum absolute atomic E-state index is 12.9. The number of allylic oxidation sites excluding steroid dienone is 12. The first kappa shape index (κ1) is 71.8. The van der Waals surface area contributed by atoms with E-state index in [9.17, 15) is 14.4 Å². The summed E-state index contributed by atoms with van der Waals surface area (Å²) in [5, 5.41) is 0. The topological polar surface area (TPSA) is 78.9 Å². The third kappa shape index (κ3) is 61.6. The van der Waals surface area contributed by atoms with Crippen molar-refractivity contribution in [3.63, 3.8) is 0 Å². The Morgan fingerprint density at radius 3 is 0.867 bits per heavy atom. The van der Waals surface area contributed by atoms with Crippen molar-refractivity contribution in [2.75, 3.05) is 13.2 Å². The van der Waals surface area contributed by atoms with Crippen LogP contribution in [0.4, 0.5) is 0 Å². The lowest BCUT2D eigenvalue weighted by Gasteiger charge is -2.18. The fourth-order valence-electron chi connectivity index (χ4n) is 9.31. The number of rotatable bonds is 59. The molecule has 1 atom stereocenters. The molecule has 75 heavy (non-hydrogen) atoms. The summed E-state index contributed by atoms with van der Waals surface area (Å²) in [6.45, 7) is 6.59. The Hall–Kier alpha value is -3.15. The van der Waals surface area contributed by atoms with Crippen LogP contribution in [0.25, 0.3) is 0 Å². The number of carbonyl (C=O) groups is 3. The average Bonchev–Trinajstić information content (AvgIpc) is 3.41. The minimum absolute atomic E-state index is 0.0954. The first-order valence-electron chi connectivity index (χ1n) is 32.4. The summed E-state index contributed by atoms with van der Waals surface area (Å²) in [4.78, 5) is 38.3. The Morgan fingerprint density at radius 1 is 0.267 bits per heavy atom. The lowest BCUT2D eigenvalue weighted by atomic mass is 10.0. The molecular formula is C69H122O6. The minimum Gasteiger partial charge on any atom is -0.462 e. The van der Waals surface area contributed by atoms with Gasteiger partial charge in [0.1, 0.15) is 13.2 Å². The van der Waals surface area contributed by atoms with Crippen LogP contribution in [-0.2, 0) is 28.6 Å². The molecule has 0 bridgehead atoms. The van der Waals surface area contributed by atoms with Gasteiger partial charge in [-0.05, 0) is 83.5 Å². The van der Waals surface area contributed by atoms with E-state index in [4.69, 9.17) is 14.2 Å². The van der Waals surface area contributed by atoms with Gasteiger partial charge in [-0.3, -0.25) is 14.4 Å². The Kier molecular flexibility index (Phi) is 60.7. The summed E-state index contributed by atoms with van der Waals surface area (Å²) in [6, 6.07) is 0. The molecule has 0 radical (unpaired) electrons. The van der Waals surface area contributed by atoms with Gasteiger partial charge in [-0.25, -0.2) is 0 Å². The van der Waals surface area contributed by atoms with Crippen molar-refractivity contribution in [2.24, 2.45) is 0 Å². The Bertz CT molecular complexity index is 1390. The smallest absolute Gasteiger partial charge is 0.306 e. The quantitative estimate of drug-likeness (QED) is 0.0261. The van der Waals surface area contributed by atoms with Crippen molar-refractivity contribution in [3.8, 4) is 0 Å². The number of unbranched alkanes of at least 4 members (excludes halogenated alkanes) is 36. The first-order valence-corrected chi connectivity index (χ1v) is 32.4. The summed E-state index contributed by atoms with van der Waals surface area (Å²) < 4.78 is 16.9. The van der Waals surface area contributed by atoms with Gasteiger partial charge < -0.3 is 14.2 Å². The summed E-state index contributed by atoms with van der Waals surface area (Å²) in [6.07, 6.45) is 82.0.